The Morgan fingerprint density at radius 2 is 1.91 bits per heavy atom. The second-order valence-corrected chi connectivity index (χ2v) is 7.62. The Balaban J connectivity index is 1.90. The first-order chi connectivity index (χ1) is 10.3. The number of sulfonamides is 1. The van der Waals surface area contributed by atoms with Crippen LogP contribution >= 0.6 is 11.3 Å². The molecule has 118 valence electrons. The molecule has 1 heterocycles. The van der Waals surface area contributed by atoms with Crippen LogP contribution in [0.25, 0.3) is 0 Å². The van der Waals surface area contributed by atoms with E-state index in [1.807, 2.05) is 13.8 Å². The fourth-order valence-corrected chi connectivity index (χ4v) is 3.16. The molecule has 0 aliphatic heterocycles. The van der Waals surface area contributed by atoms with Crippen molar-refractivity contribution in [2.24, 2.45) is 5.14 Å². The molecule has 0 saturated carbocycles. The van der Waals surface area contributed by atoms with E-state index in [-0.39, 0.29) is 10.8 Å². The maximum Gasteiger partial charge on any atom is 0.280 e. The van der Waals surface area contributed by atoms with Gasteiger partial charge in [0.15, 0.2) is 5.01 Å². The van der Waals surface area contributed by atoms with E-state index < -0.39 is 10.0 Å². The van der Waals surface area contributed by atoms with E-state index in [9.17, 15) is 13.2 Å². The van der Waals surface area contributed by atoms with E-state index >= 15 is 0 Å². The summed E-state index contributed by atoms with van der Waals surface area (Å²) in [6, 6.07) is 6.28. The highest BCUT2D eigenvalue weighted by Crippen LogP contribution is 2.16. The predicted molar refractivity (Wildman–Crippen MR) is 85.4 cm³/mol. The van der Waals surface area contributed by atoms with Crippen molar-refractivity contribution in [3.8, 4) is 0 Å². The van der Waals surface area contributed by atoms with Crippen molar-refractivity contribution in [1.29, 1.82) is 0 Å². The first-order valence-electron chi connectivity index (χ1n) is 6.61. The lowest BCUT2D eigenvalue weighted by Gasteiger charge is -2.04. The van der Waals surface area contributed by atoms with E-state index in [0.29, 0.717) is 18.0 Å². The average molecular weight is 339 g/mol. The van der Waals surface area contributed by atoms with Gasteiger partial charge in [-0.2, -0.15) is 0 Å². The molecule has 8 heteroatoms. The van der Waals surface area contributed by atoms with Crippen molar-refractivity contribution in [2.45, 2.75) is 25.2 Å². The number of primary sulfonamides is 1. The smallest absolute Gasteiger partial charge is 0.280 e. The summed E-state index contributed by atoms with van der Waals surface area (Å²) in [6.45, 7) is 4.25. The van der Waals surface area contributed by atoms with Crippen LogP contribution in [0.5, 0.6) is 0 Å². The number of nitrogens with zero attached hydrogens (tertiary/aromatic N) is 1. The van der Waals surface area contributed by atoms with Gasteiger partial charge in [-0.1, -0.05) is 12.1 Å². The first kappa shape index (κ1) is 16.6. The zero-order valence-corrected chi connectivity index (χ0v) is 13.9. The molecule has 1 amide bonds. The van der Waals surface area contributed by atoms with E-state index in [2.05, 4.69) is 10.3 Å². The lowest BCUT2D eigenvalue weighted by molar-refractivity contribution is 0.0953. The van der Waals surface area contributed by atoms with Crippen LogP contribution in [0.2, 0.25) is 0 Å². The number of nitrogens with two attached hydrogens (primary N) is 1. The molecule has 1 aromatic carbocycles. The lowest BCUT2D eigenvalue weighted by Crippen LogP contribution is -2.25. The van der Waals surface area contributed by atoms with Gasteiger partial charge in [0.25, 0.3) is 5.91 Å². The third-order valence-corrected chi connectivity index (χ3v) is 5.17. The molecule has 0 radical (unpaired) electrons. The summed E-state index contributed by atoms with van der Waals surface area (Å²) in [5.41, 5.74) is 1.79. The zero-order chi connectivity index (χ0) is 16.3. The van der Waals surface area contributed by atoms with Crippen molar-refractivity contribution < 1.29 is 13.2 Å². The van der Waals surface area contributed by atoms with Gasteiger partial charge in [-0.25, -0.2) is 18.5 Å². The van der Waals surface area contributed by atoms with Gasteiger partial charge in [0, 0.05) is 11.4 Å². The Morgan fingerprint density at radius 3 is 2.41 bits per heavy atom. The fourth-order valence-electron chi connectivity index (χ4n) is 1.81. The molecule has 2 aromatic rings. The molecule has 0 atom stereocenters. The Labute approximate surface area is 133 Å². The number of benzene rings is 1. The molecule has 0 saturated heterocycles. The molecule has 0 bridgehead atoms. The Bertz CT molecular complexity index is 761. The van der Waals surface area contributed by atoms with E-state index in [4.69, 9.17) is 5.14 Å². The molecule has 6 nitrogen and oxygen atoms in total. The van der Waals surface area contributed by atoms with Crippen LogP contribution in [-0.2, 0) is 16.4 Å². The molecular weight excluding hydrogens is 322 g/mol. The number of rotatable bonds is 5. The van der Waals surface area contributed by atoms with Gasteiger partial charge < -0.3 is 5.32 Å². The SMILES string of the molecule is Cc1nc(C(=O)NCCc2ccc(S(N)(=O)=O)cc2)sc1C. The normalized spacial score (nSPS) is 11.4. The summed E-state index contributed by atoms with van der Waals surface area (Å²) in [7, 11) is -3.67. The second kappa shape index (κ2) is 6.55. The number of nitrogens with one attached hydrogen (secondary N) is 1. The zero-order valence-electron chi connectivity index (χ0n) is 12.3. The Morgan fingerprint density at radius 1 is 1.27 bits per heavy atom. The van der Waals surface area contributed by atoms with Crippen LogP contribution in [-0.4, -0.2) is 25.9 Å². The number of hydrogen-bond acceptors (Lipinski definition) is 5. The second-order valence-electron chi connectivity index (χ2n) is 4.86. The van der Waals surface area contributed by atoms with Gasteiger partial charge in [0.2, 0.25) is 10.0 Å². The van der Waals surface area contributed by atoms with Crippen molar-refractivity contribution in [2.75, 3.05) is 6.54 Å². The number of carbonyl (C=O) groups is 1. The minimum atomic E-state index is -3.67. The maximum atomic E-state index is 11.9. The number of carbonyl (C=O) groups excluding carboxylic acids is 1. The van der Waals surface area contributed by atoms with Crippen LogP contribution in [0.15, 0.2) is 29.2 Å². The highest BCUT2D eigenvalue weighted by Gasteiger charge is 2.12. The van der Waals surface area contributed by atoms with Gasteiger partial charge in [-0.05, 0) is 38.0 Å². The standard InChI is InChI=1S/C14H17N3O3S2/c1-9-10(2)21-14(17-9)13(18)16-8-7-11-3-5-12(6-4-11)22(15,19)20/h3-6H,7-8H2,1-2H3,(H,16,18)(H2,15,19,20). The van der Waals surface area contributed by atoms with Gasteiger partial charge >= 0.3 is 0 Å². The summed E-state index contributed by atoms with van der Waals surface area (Å²) < 4.78 is 22.3. The molecule has 2 rings (SSSR count). The molecular formula is C14H17N3O3S2. The van der Waals surface area contributed by atoms with Gasteiger partial charge in [-0.15, -0.1) is 11.3 Å². The fraction of sp³-hybridized carbons (Fsp3) is 0.286. The predicted octanol–water partition coefficient (Wildman–Crippen LogP) is 1.38. The van der Waals surface area contributed by atoms with Gasteiger partial charge in [0.05, 0.1) is 10.6 Å². The van der Waals surface area contributed by atoms with Crippen molar-refractivity contribution >= 4 is 27.3 Å². The molecule has 3 N–H and O–H groups in total. The molecule has 0 unspecified atom stereocenters. The van der Waals surface area contributed by atoms with E-state index in [1.165, 1.54) is 23.5 Å². The third kappa shape index (κ3) is 4.12. The average Bonchev–Trinajstić information content (AvgIpc) is 2.78. The summed E-state index contributed by atoms with van der Waals surface area (Å²) in [6.07, 6.45) is 0.597. The number of aryl methyl sites for hydroxylation is 2. The summed E-state index contributed by atoms with van der Waals surface area (Å²) in [5.74, 6) is -0.192. The minimum absolute atomic E-state index is 0.0778. The van der Waals surface area contributed by atoms with Crippen LogP contribution in [0.3, 0.4) is 0 Å². The number of hydrogen-bond donors (Lipinski definition) is 2. The van der Waals surface area contributed by atoms with Crippen molar-refractivity contribution in [3.63, 3.8) is 0 Å². The molecule has 0 aliphatic carbocycles. The van der Waals surface area contributed by atoms with E-state index in [0.717, 1.165) is 16.1 Å². The summed E-state index contributed by atoms with van der Waals surface area (Å²) in [5, 5.41) is 8.29. The summed E-state index contributed by atoms with van der Waals surface area (Å²) in [4.78, 5) is 17.2. The van der Waals surface area contributed by atoms with Gasteiger partial charge in [-0.3, -0.25) is 4.79 Å². The molecule has 0 fully saturated rings. The number of amides is 1. The minimum Gasteiger partial charge on any atom is -0.350 e. The van der Waals surface area contributed by atoms with Gasteiger partial charge in [0.1, 0.15) is 0 Å². The molecule has 1 aromatic heterocycles. The van der Waals surface area contributed by atoms with E-state index in [1.54, 1.807) is 12.1 Å². The van der Waals surface area contributed by atoms with Crippen molar-refractivity contribution in [1.82, 2.24) is 10.3 Å². The molecule has 0 spiro atoms. The first-order valence-corrected chi connectivity index (χ1v) is 8.97. The highest BCUT2D eigenvalue weighted by atomic mass is 32.2. The lowest BCUT2D eigenvalue weighted by atomic mass is 10.1. The molecule has 22 heavy (non-hydrogen) atoms. The Hall–Kier alpha value is -1.77. The highest BCUT2D eigenvalue weighted by molar-refractivity contribution is 7.89. The largest absolute Gasteiger partial charge is 0.350 e. The van der Waals surface area contributed by atoms with Crippen molar-refractivity contribution in [3.05, 3.63) is 45.4 Å². The number of thiazole rings is 1. The van der Waals surface area contributed by atoms with Crippen LogP contribution in [0.4, 0.5) is 0 Å². The van der Waals surface area contributed by atoms with Crippen LogP contribution in [0, 0.1) is 13.8 Å². The summed E-state index contributed by atoms with van der Waals surface area (Å²) >= 11 is 1.37. The van der Waals surface area contributed by atoms with Crippen LogP contribution in [0.1, 0.15) is 25.9 Å². The quantitative estimate of drug-likeness (QED) is 0.859. The number of aromatic nitrogens is 1. The topological polar surface area (TPSA) is 102 Å². The monoisotopic (exact) mass is 339 g/mol. The van der Waals surface area contributed by atoms with Crippen LogP contribution < -0.4 is 10.5 Å². The molecule has 0 aliphatic rings. The Kier molecular flexibility index (Phi) is 4.94. The third-order valence-electron chi connectivity index (χ3n) is 3.17. The maximum absolute atomic E-state index is 11.9.